The predicted octanol–water partition coefficient (Wildman–Crippen LogP) is 2.78. The van der Waals surface area contributed by atoms with Crippen LogP contribution < -0.4 is 10.6 Å². The number of aliphatic hydroxyl groups is 1. The van der Waals surface area contributed by atoms with E-state index in [2.05, 4.69) is 23.7 Å². The fourth-order valence-corrected chi connectivity index (χ4v) is 5.13. The number of rotatable bonds is 8. The Morgan fingerprint density at radius 2 is 2.06 bits per heavy atom. The second kappa shape index (κ2) is 9.70. The van der Waals surface area contributed by atoms with Gasteiger partial charge in [0.05, 0.1) is 0 Å². The molecule has 2 fully saturated rings. The number of hydrogen-bond donors (Lipinski definition) is 2. The molecule has 34 heavy (non-hydrogen) atoms. The first-order valence-corrected chi connectivity index (χ1v) is 12.2. The molecule has 3 heterocycles. The summed E-state index contributed by atoms with van der Waals surface area (Å²) in [7, 11) is 1.72. The summed E-state index contributed by atoms with van der Waals surface area (Å²) in [6.45, 7) is 5.90. The van der Waals surface area contributed by atoms with E-state index in [1.54, 1.807) is 18.0 Å². The number of carbonyl (C=O) groups excluding carboxylic acids is 2. The molecule has 0 bridgehead atoms. The van der Waals surface area contributed by atoms with Gasteiger partial charge in [-0.3, -0.25) is 9.59 Å². The molecule has 0 radical (unpaired) electrons. The van der Waals surface area contributed by atoms with Gasteiger partial charge in [0.15, 0.2) is 5.82 Å². The van der Waals surface area contributed by atoms with Gasteiger partial charge in [-0.25, -0.2) is 9.97 Å². The smallest absolute Gasteiger partial charge is 0.267 e. The highest BCUT2D eigenvalue weighted by atomic mass is 16.3. The van der Waals surface area contributed by atoms with Crippen LogP contribution in [0.5, 0.6) is 0 Å². The van der Waals surface area contributed by atoms with Crippen molar-refractivity contribution in [3.63, 3.8) is 0 Å². The SMILES string of the molecule is CC(C)C[C@H]1CCCN1c1cc(C(N)=O)nc(-c2cccc(CC[C@]3(O)CCN(C)C3=O)c2)n1. The third-order valence-corrected chi connectivity index (χ3v) is 7.00. The van der Waals surface area contributed by atoms with Gasteiger partial charge in [0, 0.05) is 44.2 Å². The van der Waals surface area contributed by atoms with Crippen LogP contribution in [0.2, 0.25) is 0 Å². The highest BCUT2D eigenvalue weighted by molar-refractivity contribution is 5.92. The van der Waals surface area contributed by atoms with Crippen molar-refractivity contribution in [1.29, 1.82) is 0 Å². The Kier molecular flexibility index (Phi) is 6.89. The van der Waals surface area contributed by atoms with E-state index in [9.17, 15) is 14.7 Å². The van der Waals surface area contributed by atoms with Crippen LogP contribution in [0, 0.1) is 5.92 Å². The van der Waals surface area contributed by atoms with Gasteiger partial charge in [-0.1, -0.05) is 32.0 Å². The van der Waals surface area contributed by atoms with Crippen molar-refractivity contribution >= 4 is 17.6 Å². The molecule has 0 spiro atoms. The van der Waals surface area contributed by atoms with Gasteiger partial charge >= 0.3 is 0 Å². The van der Waals surface area contributed by atoms with Gasteiger partial charge < -0.3 is 20.6 Å². The van der Waals surface area contributed by atoms with Gasteiger partial charge in [0.1, 0.15) is 17.1 Å². The number of nitrogens with two attached hydrogens (primary N) is 1. The molecule has 4 rings (SSSR count). The molecule has 2 aliphatic rings. The van der Waals surface area contributed by atoms with Crippen LogP contribution in [-0.2, 0) is 11.2 Å². The lowest BCUT2D eigenvalue weighted by atomic mass is 9.93. The second-order valence-corrected chi connectivity index (χ2v) is 10.1. The maximum absolute atomic E-state index is 12.3. The minimum Gasteiger partial charge on any atom is -0.380 e. The third kappa shape index (κ3) is 5.06. The number of aryl methyl sites for hydroxylation is 1. The average Bonchev–Trinajstić information content (AvgIpc) is 3.37. The Morgan fingerprint density at radius 1 is 1.26 bits per heavy atom. The summed E-state index contributed by atoms with van der Waals surface area (Å²) in [6, 6.07) is 9.84. The van der Waals surface area contributed by atoms with Crippen molar-refractivity contribution in [3.05, 3.63) is 41.6 Å². The minimum atomic E-state index is -1.30. The van der Waals surface area contributed by atoms with E-state index >= 15 is 0 Å². The van der Waals surface area contributed by atoms with Crippen LogP contribution in [-0.4, -0.2) is 63.6 Å². The van der Waals surface area contributed by atoms with Crippen LogP contribution in [0.25, 0.3) is 11.4 Å². The summed E-state index contributed by atoms with van der Waals surface area (Å²) in [5.41, 5.74) is 6.27. The van der Waals surface area contributed by atoms with Crippen molar-refractivity contribution in [1.82, 2.24) is 14.9 Å². The topological polar surface area (TPSA) is 113 Å². The number of aromatic nitrogens is 2. The molecule has 2 saturated heterocycles. The number of likely N-dealkylation sites (tertiary alicyclic amines) is 1. The van der Waals surface area contributed by atoms with Crippen LogP contribution >= 0.6 is 0 Å². The first-order chi connectivity index (χ1) is 16.2. The zero-order valence-electron chi connectivity index (χ0n) is 20.3. The summed E-state index contributed by atoms with van der Waals surface area (Å²) in [4.78, 5) is 37.5. The summed E-state index contributed by atoms with van der Waals surface area (Å²) >= 11 is 0. The average molecular weight is 466 g/mol. The number of hydrogen-bond acceptors (Lipinski definition) is 6. The maximum Gasteiger partial charge on any atom is 0.267 e. The molecule has 0 saturated carbocycles. The Hall–Kier alpha value is -3.00. The number of likely N-dealkylation sites (N-methyl/N-ethyl adjacent to an activating group) is 1. The molecule has 2 atom stereocenters. The van der Waals surface area contributed by atoms with E-state index in [0.29, 0.717) is 43.6 Å². The number of benzene rings is 1. The lowest BCUT2D eigenvalue weighted by molar-refractivity contribution is -0.142. The third-order valence-electron chi connectivity index (χ3n) is 7.00. The van der Waals surface area contributed by atoms with Crippen LogP contribution in [0.4, 0.5) is 5.82 Å². The summed E-state index contributed by atoms with van der Waals surface area (Å²) < 4.78 is 0. The second-order valence-electron chi connectivity index (χ2n) is 10.1. The molecule has 0 aliphatic carbocycles. The Bertz CT molecular complexity index is 1070. The fourth-order valence-electron chi connectivity index (χ4n) is 5.13. The lowest BCUT2D eigenvalue weighted by Gasteiger charge is -2.27. The standard InChI is InChI=1S/C26H35N5O3/c1-17(2)14-20-8-5-12-31(20)22-16-21(23(27)32)28-24(29-22)19-7-4-6-18(15-19)9-10-26(34)11-13-30(3)25(26)33/h4,6-7,15-17,20,34H,5,8-14H2,1-3H3,(H2,27,32)/t20-,26+/m1/s1. The monoisotopic (exact) mass is 465 g/mol. The Morgan fingerprint density at radius 3 is 2.74 bits per heavy atom. The Balaban J connectivity index is 1.60. The number of nitrogens with zero attached hydrogens (tertiary/aromatic N) is 4. The zero-order valence-corrected chi connectivity index (χ0v) is 20.3. The molecular weight excluding hydrogens is 430 g/mol. The zero-order chi connectivity index (χ0) is 24.5. The van der Waals surface area contributed by atoms with Crippen LogP contribution in [0.15, 0.2) is 30.3 Å². The van der Waals surface area contributed by atoms with Crippen molar-refractivity contribution < 1.29 is 14.7 Å². The maximum atomic E-state index is 12.3. The fraction of sp³-hybridized carbons (Fsp3) is 0.538. The van der Waals surface area contributed by atoms with Crippen molar-refractivity contribution in [2.75, 3.05) is 25.0 Å². The number of amides is 2. The van der Waals surface area contributed by atoms with Crippen molar-refractivity contribution in [2.45, 2.75) is 64.0 Å². The first-order valence-electron chi connectivity index (χ1n) is 12.2. The molecular formula is C26H35N5O3. The van der Waals surface area contributed by atoms with Crippen molar-refractivity contribution in [3.8, 4) is 11.4 Å². The van der Waals surface area contributed by atoms with Gasteiger partial charge in [-0.15, -0.1) is 0 Å². The largest absolute Gasteiger partial charge is 0.380 e. The summed E-state index contributed by atoms with van der Waals surface area (Å²) in [5.74, 6) is 0.972. The van der Waals surface area contributed by atoms with Gasteiger partial charge in [-0.2, -0.15) is 0 Å². The normalized spacial score (nSPS) is 22.7. The molecule has 182 valence electrons. The first kappa shape index (κ1) is 24.1. The van der Waals surface area contributed by atoms with Gasteiger partial charge in [0.25, 0.3) is 11.8 Å². The highest BCUT2D eigenvalue weighted by Gasteiger charge is 2.42. The van der Waals surface area contributed by atoms with E-state index < -0.39 is 11.5 Å². The molecule has 1 aromatic carbocycles. The van der Waals surface area contributed by atoms with Gasteiger partial charge in [0.2, 0.25) is 0 Å². The summed E-state index contributed by atoms with van der Waals surface area (Å²) in [5, 5.41) is 10.7. The van der Waals surface area contributed by atoms with Gasteiger partial charge in [-0.05, 0) is 49.7 Å². The quantitative estimate of drug-likeness (QED) is 0.620. The molecule has 0 unspecified atom stereocenters. The highest BCUT2D eigenvalue weighted by Crippen LogP contribution is 2.31. The van der Waals surface area contributed by atoms with E-state index in [1.807, 2.05) is 24.3 Å². The number of primary amides is 1. The van der Waals surface area contributed by atoms with E-state index in [4.69, 9.17) is 10.7 Å². The predicted molar refractivity (Wildman–Crippen MR) is 131 cm³/mol. The lowest BCUT2D eigenvalue weighted by Crippen LogP contribution is -2.38. The molecule has 1 aromatic heterocycles. The number of carbonyl (C=O) groups is 2. The van der Waals surface area contributed by atoms with E-state index in [0.717, 1.165) is 42.8 Å². The molecule has 8 heteroatoms. The van der Waals surface area contributed by atoms with E-state index in [-0.39, 0.29) is 11.6 Å². The van der Waals surface area contributed by atoms with E-state index in [1.165, 1.54) is 0 Å². The molecule has 3 N–H and O–H groups in total. The summed E-state index contributed by atoms with van der Waals surface area (Å²) in [6.07, 6.45) is 4.62. The molecule has 2 aromatic rings. The molecule has 8 nitrogen and oxygen atoms in total. The minimum absolute atomic E-state index is 0.203. The number of anilines is 1. The molecule has 2 aliphatic heterocycles. The van der Waals surface area contributed by atoms with Crippen molar-refractivity contribution in [2.24, 2.45) is 11.7 Å². The molecule has 2 amide bonds. The van der Waals surface area contributed by atoms with Crippen LogP contribution in [0.1, 0.15) is 62.0 Å². The Labute approximate surface area is 201 Å². The van der Waals surface area contributed by atoms with Crippen LogP contribution in [0.3, 0.4) is 0 Å².